The van der Waals surface area contributed by atoms with Crippen molar-refractivity contribution in [3.8, 4) is 0 Å². The molecule has 110 valence electrons. The van der Waals surface area contributed by atoms with E-state index >= 15 is 0 Å². The van der Waals surface area contributed by atoms with Crippen molar-refractivity contribution < 1.29 is 14.6 Å². The molecule has 5 nitrogen and oxygen atoms in total. The summed E-state index contributed by atoms with van der Waals surface area (Å²) in [5, 5.41) is 13.7. The normalized spacial score (nSPS) is 28.9. The van der Waals surface area contributed by atoms with Gasteiger partial charge >= 0.3 is 6.09 Å². The van der Waals surface area contributed by atoms with E-state index in [4.69, 9.17) is 4.74 Å². The Kier molecular flexibility index (Phi) is 4.06. The smallest absolute Gasteiger partial charge is 0.410 e. The highest BCUT2D eigenvalue weighted by atomic mass is 16.6. The van der Waals surface area contributed by atoms with E-state index in [1.165, 1.54) is 0 Å². The van der Waals surface area contributed by atoms with Crippen molar-refractivity contribution in [2.75, 3.05) is 26.2 Å². The van der Waals surface area contributed by atoms with Crippen LogP contribution in [0.15, 0.2) is 0 Å². The molecule has 5 heteroatoms. The Morgan fingerprint density at radius 1 is 1.47 bits per heavy atom. The van der Waals surface area contributed by atoms with Crippen LogP contribution in [0, 0.1) is 5.92 Å². The zero-order chi connectivity index (χ0) is 14.1. The van der Waals surface area contributed by atoms with E-state index in [1.807, 2.05) is 20.8 Å². The largest absolute Gasteiger partial charge is 0.444 e. The summed E-state index contributed by atoms with van der Waals surface area (Å²) in [6.07, 6.45) is 2.43. The predicted molar refractivity (Wildman–Crippen MR) is 73.0 cm³/mol. The summed E-state index contributed by atoms with van der Waals surface area (Å²) < 4.78 is 5.32. The highest BCUT2D eigenvalue weighted by Crippen LogP contribution is 2.30. The summed E-state index contributed by atoms with van der Waals surface area (Å²) in [5.41, 5.74) is -1.02. The molecule has 0 aromatic heterocycles. The van der Waals surface area contributed by atoms with Gasteiger partial charge in [0.1, 0.15) is 5.60 Å². The number of hydrogen-bond donors (Lipinski definition) is 2. The van der Waals surface area contributed by atoms with Gasteiger partial charge in [-0.1, -0.05) is 0 Å². The Morgan fingerprint density at radius 3 is 2.68 bits per heavy atom. The minimum Gasteiger partial charge on any atom is -0.444 e. The van der Waals surface area contributed by atoms with Crippen LogP contribution in [-0.2, 0) is 4.74 Å². The number of ether oxygens (including phenoxy) is 1. The van der Waals surface area contributed by atoms with Gasteiger partial charge in [-0.3, -0.25) is 0 Å². The van der Waals surface area contributed by atoms with E-state index in [0.717, 1.165) is 25.8 Å². The monoisotopic (exact) mass is 270 g/mol. The van der Waals surface area contributed by atoms with Crippen LogP contribution in [0.2, 0.25) is 0 Å². The summed E-state index contributed by atoms with van der Waals surface area (Å²) in [4.78, 5) is 13.5. The molecule has 0 aromatic carbocycles. The van der Waals surface area contributed by atoms with Crippen LogP contribution in [0.1, 0.15) is 40.0 Å². The fourth-order valence-corrected chi connectivity index (χ4v) is 2.84. The summed E-state index contributed by atoms with van der Waals surface area (Å²) in [6.45, 7) is 8.71. The number of piperidine rings is 1. The third-order valence-corrected chi connectivity index (χ3v) is 3.73. The number of carbonyl (C=O) groups excluding carboxylic acids is 1. The molecule has 0 radical (unpaired) electrons. The van der Waals surface area contributed by atoms with Crippen LogP contribution in [0.4, 0.5) is 4.79 Å². The number of carbonyl (C=O) groups is 1. The van der Waals surface area contributed by atoms with Gasteiger partial charge in [-0.15, -0.1) is 0 Å². The second-order valence-corrected chi connectivity index (χ2v) is 6.96. The van der Waals surface area contributed by atoms with E-state index in [0.29, 0.717) is 25.6 Å². The first kappa shape index (κ1) is 14.6. The molecule has 2 rings (SSSR count). The molecule has 0 aromatic rings. The minimum absolute atomic E-state index is 0.238. The van der Waals surface area contributed by atoms with Crippen molar-refractivity contribution in [2.24, 2.45) is 5.92 Å². The van der Waals surface area contributed by atoms with E-state index in [2.05, 4.69) is 5.32 Å². The molecule has 1 atom stereocenters. The van der Waals surface area contributed by atoms with Gasteiger partial charge in [-0.05, 0) is 52.5 Å². The molecule has 19 heavy (non-hydrogen) atoms. The third kappa shape index (κ3) is 4.08. The summed E-state index contributed by atoms with van der Waals surface area (Å²) in [6, 6.07) is 0. The molecule has 0 saturated carbocycles. The van der Waals surface area contributed by atoms with Crippen LogP contribution < -0.4 is 5.32 Å². The number of β-amino-alcohol motifs (C(OH)–C–C–N with tert-alkyl or cyclic N) is 1. The van der Waals surface area contributed by atoms with Crippen molar-refractivity contribution in [3.63, 3.8) is 0 Å². The van der Waals surface area contributed by atoms with Gasteiger partial charge in [-0.2, -0.15) is 0 Å². The molecular formula is C14H26N2O3. The number of likely N-dealkylation sites (tertiary alicyclic amines) is 1. The summed E-state index contributed by atoms with van der Waals surface area (Å²) in [5.74, 6) is 0.400. The van der Waals surface area contributed by atoms with Gasteiger partial charge < -0.3 is 20.1 Å². The first-order valence-electron chi connectivity index (χ1n) is 7.18. The second kappa shape index (κ2) is 5.29. The molecule has 2 aliphatic rings. The van der Waals surface area contributed by atoms with Crippen LogP contribution >= 0.6 is 0 Å². The Labute approximate surface area is 115 Å². The molecule has 1 amide bonds. The van der Waals surface area contributed by atoms with Crippen molar-refractivity contribution in [3.05, 3.63) is 0 Å². The number of amides is 1. The first-order valence-corrected chi connectivity index (χ1v) is 7.18. The number of nitrogens with one attached hydrogen (secondary N) is 1. The topological polar surface area (TPSA) is 61.8 Å². The van der Waals surface area contributed by atoms with Gasteiger partial charge in [0.15, 0.2) is 0 Å². The molecule has 2 heterocycles. The Balaban J connectivity index is 1.72. The molecule has 0 aliphatic carbocycles. The average Bonchev–Trinajstić information content (AvgIpc) is 2.21. The lowest BCUT2D eigenvalue weighted by Crippen LogP contribution is -2.56. The maximum absolute atomic E-state index is 11.8. The lowest BCUT2D eigenvalue weighted by atomic mass is 9.81. The Morgan fingerprint density at radius 2 is 2.16 bits per heavy atom. The molecule has 2 N–H and O–H groups in total. The van der Waals surface area contributed by atoms with E-state index < -0.39 is 11.2 Å². The van der Waals surface area contributed by atoms with Crippen molar-refractivity contribution in [1.29, 1.82) is 0 Å². The quantitative estimate of drug-likeness (QED) is 0.795. The molecule has 2 saturated heterocycles. The molecule has 2 fully saturated rings. The Hall–Kier alpha value is -0.810. The number of aliphatic hydroxyl groups is 1. The molecule has 1 unspecified atom stereocenters. The van der Waals surface area contributed by atoms with Crippen LogP contribution in [0.3, 0.4) is 0 Å². The second-order valence-electron chi connectivity index (χ2n) is 6.96. The van der Waals surface area contributed by atoms with Crippen molar-refractivity contribution >= 4 is 6.09 Å². The molecular weight excluding hydrogens is 244 g/mol. The van der Waals surface area contributed by atoms with Gasteiger partial charge in [-0.25, -0.2) is 4.79 Å². The zero-order valence-corrected chi connectivity index (χ0v) is 12.2. The number of rotatable bonds is 2. The highest BCUT2D eigenvalue weighted by Gasteiger charge is 2.39. The first-order chi connectivity index (χ1) is 8.77. The fraction of sp³-hybridized carbons (Fsp3) is 0.929. The lowest BCUT2D eigenvalue weighted by Gasteiger charge is -2.44. The third-order valence-electron chi connectivity index (χ3n) is 3.73. The highest BCUT2D eigenvalue weighted by molar-refractivity contribution is 5.69. The predicted octanol–water partition coefficient (Wildman–Crippen LogP) is 1.36. The van der Waals surface area contributed by atoms with Gasteiger partial charge in [0.2, 0.25) is 0 Å². The number of nitrogens with zero attached hydrogens (tertiary/aromatic N) is 1. The average molecular weight is 270 g/mol. The van der Waals surface area contributed by atoms with Crippen LogP contribution in [0.5, 0.6) is 0 Å². The zero-order valence-electron chi connectivity index (χ0n) is 12.2. The summed E-state index contributed by atoms with van der Waals surface area (Å²) in [7, 11) is 0. The lowest BCUT2D eigenvalue weighted by molar-refractivity contribution is -0.0440. The fourth-order valence-electron chi connectivity index (χ4n) is 2.84. The van der Waals surface area contributed by atoms with E-state index in [9.17, 15) is 9.90 Å². The molecule has 0 spiro atoms. The molecule has 2 aliphatic heterocycles. The molecule has 0 bridgehead atoms. The van der Waals surface area contributed by atoms with E-state index in [-0.39, 0.29) is 6.09 Å². The minimum atomic E-state index is -0.580. The summed E-state index contributed by atoms with van der Waals surface area (Å²) >= 11 is 0. The standard InChI is InChI=1S/C14H26N2O3/c1-13(2,3)19-12(17)16-8-11(9-16)7-14(18)5-4-6-15-10-14/h11,15,18H,4-10H2,1-3H3. The van der Waals surface area contributed by atoms with Crippen LogP contribution in [0.25, 0.3) is 0 Å². The van der Waals surface area contributed by atoms with E-state index in [1.54, 1.807) is 4.90 Å². The maximum Gasteiger partial charge on any atom is 0.410 e. The SMILES string of the molecule is CC(C)(C)OC(=O)N1CC(CC2(O)CCCNC2)C1. The maximum atomic E-state index is 11.8. The van der Waals surface area contributed by atoms with Gasteiger partial charge in [0.25, 0.3) is 0 Å². The Bertz CT molecular complexity index is 326. The van der Waals surface area contributed by atoms with Crippen LogP contribution in [-0.4, -0.2) is 53.5 Å². The van der Waals surface area contributed by atoms with Crippen molar-refractivity contribution in [1.82, 2.24) is 10.2 Å². The number of hydrogen-bond acceptors (Lipinski definition) is 4. The van der Waals surface area contributed by atoms with Gasteiger partial charge in [0.05, 0.1) is 5.60 Å². The van der Waals surface area contributed by atoms with Crippen molar-refractivity contribution in [2.45, 2.75) is 51.2 Å². The van der Waals surface area contributed by atoms with Gasteiger partial charge in [0, 0.05) is 19.6 Å².